The smallest absolute Gasteiger partial charge is 0.306 e. The lowest BCUT2D eigenvalue weighted by Gasteiger charge is -2.19. The molecule has 0 saturated heterocycles. The average Bonchev–Trinajstić information content (AvgIpc) is 2.43. The van der Waals surface area contributed by atoms with Crippen LogP contribution in [0.4, 0.5) is 0 Å². The highest BCUT2D eigenvalue weighted by atomic mass is 32.2. The molecule has 21 heavy (non-hydrogen) atoms. The molecular weight excluding hydrogens is 290 g/mol. The number of carbonyl (C=O) groups excluding carboxylic acids is 1. The molecule has 0 aromatic heterocycles. The maximum Gasteiger partial charge on any atom is 0.306 e. The fourth-order valence-electron chi connectivity index (χ4n) is 2.22. The molecule has 0 aliphatic rings. The second-order valence-electron chi connectivity index (χ2n) is 5.14. The summed E-state index contributed by atoms with van der Waals surface area (Å²) in [7, 11) is -0.350. The van der Waals surface area contributed by atoms with Crippen LogP contribution in [0.15, 0.2) is 18.2 Å². The van der Waals surface area contributed by atoms with E-state index in [1.54, 1.807) is 7.05 Å². The first kappa shape index (κ1) is 17.7. The van der Waals surface area contributed by atoms with Crippen molar-refractivity contribution in [1.29, 1.82) is 0 Å². The first-order valence-electron chi connectivity index (χ1n) is 6.80. The fraction of sp³-hybridized carbons (Fsp3) is 0.533. The third-order valence-corrected chi connectivity index (χ3v) is 5.08. The Morgan fingerprint density at radius 3 is 2.52 bits per heavy atom. The molecule has 0 radical (unpaired) electrons. The van der Waals surface area contributed by atoms with Crippen LogP contribution in [-0.4, -0.2) is 40.1 Å². The van der Waals surface area contributed by atoms with E-state index in [1.807, 2.05) is 32.0 Å². The number of carbonyl (C=O) groups is 1. The van der Waals surface area contributed by atoms with Gasteiger partial charge in [-0.1, -0.05) is 23.8 Å². The van der Waals surface area contributed by atoms with Crippen LogP contribution in [-0.2, 0) is 19.4 Å². The van der Waals surface area contributed by atoms with Crippen LogP contribution >= 0.6 is 0 Å². The average molecular weight is 313 g/mol. The normalized spacial score (nSPS) is 13.0. The van der Waals surface area contributed by atoms with Gasteiger partial charge in [0.1, 0.15) is 0 Å². The van der Waals surface area contributed by atoms with E-state index in [0.717, 1.165) is 16.7 Å². The van der Waals surface area contributed by atoms with Gasteiger partial charge in [0, 0.05) is 6.04 Å². The second kappa shape index (κ2) is 7.56. The van der Waals surface area contributed by atoms with Crippen LogP contribution in [0, 0.1) is 13.8 Å². The minimum Gasteiger partial charge on any atom is -0.469 e. The van der Waals surface area contributed by atoms with Crippen molar-refractivity contribution >= 4 is 15.8 Å². The van der Waals surface area contributed by atoms with Crippen LogP contribution in [0.3, 0.4) is 0 Å². The largest absolute Gasteiger partial charge is 0.469 e. The fourth-order valence-corrected chi connectivity index (χ4v) is 3.72. The topological polar surface area (TPSA) is 72.5 Å². The number of rotatable bonds is 7. The number of methoxy groups -OCH3 is 1. The Bertz CT molecular complexity index is 596. The number of esters is 1. The summed E-state index contributed by atoms with van der Waals surface area (Å²) >= 11 is 0. The van der Waals surface area contributed by atoms with Crippen molar-refractivity contribution < 1.29 is 17.9 Å². The maximum atomic E-state index is 12.1. The number of aryl methyl sites for hydroxylation is 2. The number of benzene rings is 1. The van der Waals surface area contributed by atoms with E-state index in [9.17, 15) is 13.2 Å². The number of ether oxygens (including phenoxy) is 1. The molecule has 1 unspecified atom stereocenters. The van der Waals surface area contributed by atoms with E-state index in [1.165, 1.54) is 7.11 Å². The minimum absolute atomic E-state index is 0.0373. The molecule has 0 fully saturated rings. The molecule has 0 spiro atoms. The Hall–Kier alpha value is -1.40. The quantitative estimate of drug-likeness (QED) is 0.773. The number of sulfone groups is 1. The molecule has 118 valence electrons. The van der Waals surface area contributed by atoms with Gasteiger partial charge in [0.25, 0.3) is 0 Å². The Balaban J connectivity index is 2.84. The zero-order valence-electron chi connectivity index (χ0n) is 13.0. The third kappa shape index (κ3) is 5.47. The number of hydrogen-bond donors (Lipinski definition) is 1. The molecule has 0 amide bonds. The van der Waals surface area contributed by atoms with E-state index < -0.39 is 15.8 Å². The molecular formula is C15H23NO4S. The molecule has 6 heteroatoms. The first-order valence-corrected chi connectivity index (χ1v) is 8.63. The lowest BCUT2D eigenvalue weighted by molar-refractivity contribution is -0.140. The molecule has 1 aromatic rings. The van der Waals surface area contributed by atoms with Crippen LogP contribution in [0.1, 0.15) is 29.2 Å². The highest BCUT2D eigenvalue weighted by molar-refractivity contribution is 7.91. The summed E-state index contributed by atoms with van der Waals surface area (Å²) in [5.74, 6) is -0.737. The van der Waals surface area contributed by atoms with Crippen molar-refractivity contribution in [2.75, 3.05) is 25.7 Å². The van der Waals surface area contributed by atoms with E-state index >= 15 is 0 Å². The Morgan fingerprint density at radius 2 is 2.00 bits per heavy atom. The Labute approximate surface area is 126 Å². The van der Waals surface area contributed by atoms with Gasteiger partial charge in [0.2, 0.25) is 0 Å². The van der Waals surface area contributed by atoms with Gasteiger partial charge in [0.15, 0.2) is 9.84 Å². The van der Waals surface area contributed by atoms with Crippen molar-refractivity contribution in [1.82, 2.24) is 5.32 Å². The lowest BCUT2D eigenvalue weighted by atomic mass is 10.0. The maximum absolute atomic E-state index is 12.1. The highest BCUT2D eigenvalue weighted by Crippen LogP contribution is 2.20. The molecule has 1 rings (SSSR count). The lowest BCUT2D eigenvalue weighted by Crippen LogP contribution is -2.28. The van der Waals surface area contributed by atoms with E-state index in [0.29, 0.717) is 0 Å². The number of hydrogen-bond acceptors (Lipinski definition) is 5. The van der Waals surface area contributed by atoms with Gasteiger partial charge < -0.3 is 10.1 Å². The second-order valence-corrected chi connectivity index (χ2v) is 7.37. The third-order valence-electron chi connectivity index (χ3n) is 3.41. The molecule has 0 heterocycles. The van der Waals surface area contributed by atoms with Crippen LogP contribution in [0.25, 0.3) is 0 Å². The molecule has 0 bridgehead atoms. The highest BCUT2D eigenvalue weighted by Gasteiger charge is 2.22. The van der Waals surface area contributed by atoms with E-state index in [4.69, 9.17) is 0 Å². The van der Waals surface area contributed by atoms with Crippen molar-refractivity contribution in [2.45, 2.75) is 26.3 Å². The van der Waals surface area contributed by atoms with Crippen molar-refractivity contribution in [3.8, 4) is 0 Å². The zero-order valence-corrected chi connectivity index (χ0v) is 13.8. The van der Waals surface area contributed by atoms with Crippen LogP contribution in [0.2, 0.25) is 0 Å². The van der Waals surface area contributed by atoms with Gasteiger partial charge in [-0.05, 0) is 32.0 Å². The minimum atomic E-state index is -3.34. The van der Waals surface area contributed by atoms with Crippen molar-refractivity contribution in [2.24, 2.45) is 0 Å². The van der Waals surface area contributed by atoms with E-state index in [2.05, 4.69) is 10.1 Å². The Morgan fingerprint density at radius 1 is 1.33 bits per heavy atom. The van der Waals surface area contributed by atoms with Crippen LogP contribution < -0.4 is 5.32 Å². The van der Waals surface area contributed by atoms with Gasteiger partial charge >= 0.3 is 5.97 Å². The zero-order chi connectivity index (χ0) is 16.0. The summed E-state index contributed by atoms with van der Waals surface area (Å²) in [4.78, 5) is 11.1. The van der Waals surface area contributed by atoms with Gasteiger partial charge in [-0.2, -0.15) is 0 Å². The predicted molar refractivity (Wildman–Crippen MR) is 83.0 cm³/mol. The standard InChI is InChI=1S/C15H23NO4S/c1-11-5-6-13(12(2)9-11)14(16-3)10-21(18,19)8-7-15(17)20-4/h5-6,9,14,16H,7-8,10H2,1-4H3. The number of nitrogens with one attached hydrogen (secondary N) is 1. The van der Waals surface area contributed by atoms with Gasteiger partial charge in [-0.15, -0.1) is 0 Å². The molecule has 0 aliphatic heterocycles. The summed E-state index contributed by atoms with van der Waals surface area (Å²) in [6.45, 7) is 3.96. The SMILES string of the molecule is CNC(CS(=O)(=O)CCC(=O)OC)c1ccc(C)cc1C. The molecule has 1 N–H and O–H groups in total. The van der Waals surface area contributed by atoms with Gasteiger partial charge in [-0.3, -0.25) is 4.79 Å². The summed E-state index contributed by atoms with van der Waals surface area (Å²) in [5.41, 5.74) is 3.15. The molecule has 0 aliphatic carbocycles. The molecule has 1 atom stereocenters. The first-order chi connectivity index (χ1) is 9.79. The van der Waals surface area contributed by atoms with Gasteiger partial charge in [-0.25, -0.2) is 8.42 Å². The summed E-state index contributed by atoms with van der Waals surface area (Å²) in [6, 6.07) is 5.66. The molecule has 0 saturated carbocycles. The molecule has 1 aromatic carbocycles. The summed E-state index contributed by atoms with van der Waals surface area (Å²) < 4.78 is 28.7. The van der Waals surface area contributed by atoms with Gasteiger partial charge in [0.05, 0.1) is 25.0 Å². The van der Waals surface area contributed by atoms with E-state index in [-0.39, 0.29) is 24.0 Å². The molecule has 5 nitrogen and oxygen atoms in total. The summed E-state index contributed by atoms with van der Waals surface area (Å²) in [5, 5.41) is 3.04. The summed E-state index contributed by atoms with van der Waals surface area (Å²) in [6.07, 6.45) is -0.109. The predicted octanol–water partition coefficient (Wildman–Crippen LogP) is 1.54. The van der Waals surface area contributed by atoms with Crippen LogP contribution in [0.5, 0.6) is 0 Å². The van der Waals surface area contributed by atoms with Crippen molar-refractivity contribution in [3.05, 3.63) is 34.9 Å². The van der Waals surface area contributed by atoms with Crippen molar-refractivity contribution in [3.63, 3.8) is 0 Å². The monoisotopic (exact) mass is 313 g/mol. The Kier molecular flexibility index (Phi) is 6.36.